The normalized spacial score (nSPS) is 24.1. The van der Waals surface area contributed by atoms with Gasteiger partial charge in [0.15, 0.2) is 0 Å². The summed E-state index contributed by atoms with van der Waals surface area (Å²) in [6.07, 6.45) is 2.64. The van der Waals surface area contributed by atoms with Gasteiger partial charge in [-0.1, -0.05) is 0 Å². The molecule has 1 heterocycles. The van der Waals surface area contributed by atoms with Gasteiger partial charge in [0.2, 0.25) is 0 Å². The molecule has 2 heteroatoms. The van der Waals surface area contributed by atoms with Gasteiger partial charge in [-0.15, -0.1) is 0 Å². The Morgan fingerprint density at radius 3 is 2.33 bits per heavy atom. The van der Waals surface area contributed by atoms with Crippen LogP contribution in [0.5, 0.6) is 5.75 Å². The first-order chi connectivity index (χ1) is 7.13. The molecular formula is C13H20NO+. The summed E-state index contributed by atoms with van der Waals surface area (Å²) in [5, 5.41) is 0. The Kier molecular flexibility index (Phi) is 2.70. The summed E-state index contributed by atoms with van der Waals surface area (Å²) in [4.78, 5) is 0. The van der Waals surface area contributed by atoms with E-state index in [1.165, 1.54) is 24.9 Å². The molecule has 1 atom stereocenters. The molecule has 1 aromatic carbocycles. The smallest absolute Gasteiger partial charge is 0.118 e. The highest BCUT2D eigenvalue weighted by atomic mass is 16.5. The van der Waals surface area contributed by atoms with Crippen molar-refractivity contribution in [1.29, 1.82) is 0 Å². The third kappa shape index (κ3) is 2.00. The maximum absolute atomic E-state index is 5.18. The monoisotopic (exact) mass is 206 g/mol. The molecule has 1 saturated heterocycles. The molecule has 1 unspecified atom stereocenters. The molecule has 1 aliphatic heterocycles. The first-order valence-electron chi connectivity index (χ1n) is 5.60. The molecule has 15 heavy (non-hydrogen) atoms. The molecular weight excluding hydrogens is 186 g/mol. The van der Waals surface area contributed by atoms with Crippen LogP contribution in [0.15, 0.2) is 24.3 Å². The number of rotatable bonds is 2. The first kappa shape index (κ1) is 10.5. The van der Waals surface area contributed by atoms with Gasteiger partial charge in [0.05, 0.1) is 27.7 Å². The van der Waals surface area contributed by atoms with Gasteiger partial charge in [-0.25, -0.2) is 0 Å². The van der Waals surface area contributed by atoms with E-state index >= 15 is 0 Å². The van der Waals surface area contributed by atoms with Gasteiger partial charge in [0.25, 0.3) is 0 Å². The van der Waals surface area contributed by atoms with Crippen molar-refractivity contribution in [3.8, 4) is 5.75 Å². The zero-order valence-corrected chi connectivity index (χ0v) is 9.86. The van der Waals surface area contributed by atoms with E-state index in [2.05, 4.69) is 38.4 Å². The second-order valence-corrected chi connectivity index (χ2v) is 4.93. The molecule has 0 radical (unpaired) electrons. The Morgan fingerprint density at radius 1 is 1.20 bits per heavy atom. The van der Waals surface area contributed by atoms with Gasteiger partial charge >= 0.3 is 0 Å². The number of benzene rings is 1. The summed E-state index contributed by atoms with van der Waals surface area (Å²) in [5.74, 6) is 0.946. The van der Waals surface area contributed by atoms with Crippen molar-refractivity contribution in [2.75, 3.05) is 27.7 Å². The highest BCUT2D eigenvalue weighted by Gasteiger charge is 2.34. The lowest BCUT2D eigenvalue weighted by Crippen LogP contribution is -2.38. The molecule has 0 saturated carbocycles. The van der Waals surface area contributed by atoms with Crippen molar-refractivity contribution >= 4 is 0 Å². The summed E-state index contributed by atoms with van der Waals surface area (Å²) >= 11 is 0. The second-order valence-electron chi connectivity index (χ2n) is 4.93. The second kappa shape index (κ2) is 3.86. The predicted octanol–water partition coefficient (Wildman–Crippen LogP) is 2.61. The Labute approximate surface area is 92.1 Å². The summed E-state index contributed by atoms with van der Waals surface area (Å²) in [5.41, 5.74) is 1.44. The highest BCUT2D eigenvalue weighted by molar-refractivity contribution is 5.28. The summed E-state index contributed by atoms with van der Waals surface area (Å²) < 4.78 is 6.30. The maximum atomic E-state index is 5.18. The van der Waals surface area contributed by atoms with Crippen LogP contribution in [-0.2, 0) is 0 Å². The Bertz CT molecular complexity index is 329. The number of ether oxygens (including phenoxy) is 1. The van der Waals surface area contributed by atoms with Gasteiger partial charge in [0, 0.05) is 18.4 Å². The zero-order chi connectivity index (χ0) is 10.9. The minimum absolute atomic E-state index is 0.663. The average molecular weight is 206 g/mol. The lowest BCUT2D eigenvalue weighted by atomic mass is 10.0. The molecule has 1 fully saturated rings. The van der Waals surface area contributed by atoms with Crippen molar-refractivity contribution < 1.29 is 9.22 Å². The fraction of sp³-hybridized carbons (Fsp3) is 0.538. The van der Waals surface area contributed by atoms with Crippen LogP contribution in [0.25, 0.3) is 0 Å². The van der Waals surface area contributed by atoms with Gasteiger partial charge in [-0.3, -0.25) is 0 Å². The van der Waals surface area contributed by atoms with E-state index in [1.807, 2.05) is 0 Å². The first-order valence-corrected chi connectivity index (χ1v) is 5.60. The molecule has 1 aromatic rings. The molecule has 2 rings (SSSR count). The van der Waals surface area contributed by atoms with Crippen LogP contribution in [0.3, 0.4) is 0 Å². The van der Waals surface area contributed by atoms with Gasteiger partial charge < -0.3 is 9.22 Å². The topological polar surface area (TPSA) is 9.23 Å². The summed E-state index contributed by atoms with van der Waals surface area (Å²) in [6.45, 7) is 1.29. The van der Waals surface area contributed by atoms with Gasteiger partial charge in [-0.2, -0.15) is 0 Å². The van der Waals surface area contributed by atoms with E-state index < -0.39 is 0 Å². The molecule has 1 aliphatic rings. The number of hydrogen-bond acceptors (Lipinski definition) is 1. The Hall–Kier alpha value is -1.02. The third-order valence-corrected chi connectivity index (χ3v) is 3.56. The maximum Gasteiger partial charge on any atom is 0.118 e. The molecule has 0 N–H and O–H groups in total. The number of nitrogens with zero attached hydrogens (tertiary/aromatic N) is 1. The van der Waals surface area contributed by atoms with Crippen molar-refractivity contribution in [2.24, 2.45) is 0 Å². The van der Waals surface area contributed by atoms with Crippen LogP contribution in [0, 0.1) is 0 Å². The van der Waals surface area contributed by atoms with E-state index in [0.717, 1.165) is 10.2 Å². The molecule has 82 valence electrons. The van der Waals surface area contributed by atoms with Gasteiger partial charge in [-0.05, 0) is 24.3 Å². The number of likely N-dealkylation sites (tertiary alicyclic amines) is 1. The van der Waals surface area contributed by atoms with Crippen molar-refractivity contribution in [3.05, 3.63) is 29.8 Å². The average Bonchev–Trinajstić information content (AvgIpc) is 2.58. The van der Waals surface area contributed by atoms with Crippen molar-refractivity contribution in [2.45, 2.75) is 18.9 Å². The van der Waals surface area contributed by atoms with Crippen LogP contribution in [-0.4, -0.2) is 32.2 Å². The van der Waals surface area contributed by atoms with E-state index in [9.17, 15) is 0 Å². The standard InChI is InChI=1S/C13H20NO/c1-14(2)10-4-5-13(14)11-6-8-12(15-3)9-7-11/h6-9,13H,4-5,10H2,1-3H3/q+1. The predicted molar refractivity (Wildman–Crippen MR) is 61.9 cm³/mol. The van der Waals surface area contributed by atoms with Crippen LogP contribution < -0.4 is 4.74 Å². The number of methoxy groups -OCH3 is 1. The van der Waals surface area contributed by atoms with E-state index in [1.54, 1.807) is 7.11 Å². The van der Waals surface area contributed by atoms with Crippen LogP contribution in [0.4, 0.5) is 0 Å². The largest absolute Gasteiger partial charge is 0.497 e. The van der Waals surface area contributed by atoms with Crippen LogP contribution in [0.2, 0.25) is 0 Å². The van der Waals surface area contributed by atoms with E-state index in [4.69, 9.17) is 4.74 Å². The number of quaternary nitrogens is 1. The molecule has 0 aromatic heterocycles. The van der Waals surface area contributed by atoms with Crippen LogP contribution >= 0.6 is 0 Å². The quantitative estimate of drug-likeness (QED) is 0.676. The van der Waals surface area contributed by atoms with Gasteiger partial charge in [0.1, 0.15) is 11.8 Å². The Balaban J connectivity index is 2.22. The molecule has 2 nitrogen and oxygen atoms in total. The minimum atomic E-state index is 0.663. The summed E-state index contributed by atoms with van der Waals surface area (Å²) in [6, 6.07) is 9.20. The SMILES string of the molecule is COc1ccc(C2CCC[N+]2(C)C)cc1. The lowest BCUT2D eigenvalue weighted by molar-refractivity contribution is -0.908. The summed E-state index contributed by atoms with van der Waals surface area (Å²) in [7, 11) is 6.36. The Morgan fingerprint density at radius 2 is 1.87 bits per heavy atom. The van der Waals surface area contributed by atoms with Crippen molar-refractivity contribution in [1.82, 2.24) is 0 Å². The molecule has 0 spiro atoms. The lowest BCUT2D eigenvalue weighted by Gasteiger charge is -2.31. The van der Waals surface area contributed by atoms with Crippen molar-refractivity contribution in [3.63, 3.8) is 0 Å². The van der Waals surface area contributed by atoms with E-state index in [-0.39, 0.29) is 0 Å². The fourth-order valence-corrected chi connectivity index (χ4v) is 2.59. The number of hydrogen-bond donors (Lipinski definition) is 0. The molecule has 0 aliphatic carbocycles. The fourth-order valence-electron chi connectivity index (χ4n) is 2.59. The highest BCUT2D eigenvalue weighted by Crippen LogP contribution is 2.36. The van der Waals surface area contributed by atoms with Crippen LogP contribution in [0.1, 0.15) is 24.4 Å². The minimum Gasteiger partial charge on any atom is -0.497 e. The molecule has 0 amide bonds. The van der Waals surface area contributed by atoms with E-state index in [0.29, 0.717) is 6.04 Å². The molecule has 0 bridgehead atoms. The zero-order valence-electron chi connectivity index (χ0n) is 9.86. The third-order valence-electron chi connectivity index (χ3n) is 3.56.